The van der Waals surface area contributed by atoms with E-state index in [0.29, 0.717) is 12.1 Å². The molecule has 0 fully saturated rings. The monoisotopic (exact) mass is 292 g/mol. The van der Waals surface area contributed by atoms with Gasteiger partial charge in [0.05, 0.1) is 6.54 Å². The summed E-state index contributed by atoms with van der Waals surface area (Å²) in [6, 6.07) is 5.41. The highest BCUT2D eigenvalue weighted by atomic mass is 32.2. The van der Waals surface area contributed by atoms with E-state index in [4.69, 9.17) is 5.73 Å². The molecular formula is C15H20N2O2S. The van der Waals surface area contributed by atoms with Crippen molar-refractivity contribution in [1.82, 2.24) is 5.32 Å². The highest BCUT2D eigenvalue weighted by Crippen LogP contribution is 2.12. The van der Waals surface area contributed by atoms with Gasteiger partial charge in [-0.3, -0.25) is 9.00 Å². The van der Waals surface area contributed by atoms with Gasteiger partial charge in [0.1, 0.15) is 0 Å². The normalized spacial score (nSPS) is 13.0. The number of hydrogen-bond acceptors (Lipinski definition) is 3. The minimum absolute atomic E-state index is 0.0699. The van der Waals surface area contributed by atoms with Crippen LogP contribution in [-0.4, -0.2) is 34.7 Å². The molecule has 0 saturated carbocycles. The van der Waals surface area contributed by atoms with Gasteiger partial charge >= 0.3 is 0 Å². The molecule has 5 heteroatoms. The Morgan fingerprint density at radius 2 is 2.20 bits per heavy atom. The Morgan fingerprint density at radius 1 is 1.50 bits per heavy atom. The van der Waals surface area contributed by atoms with Crippen LogP contribution < -0.4 is 11.1 Å². The average Bonchev–Trinajstić information content (AvgIpc) is 2.43. The van der Waals surface area contributed by atoms with Crippen LogP contribution in [0.3, 0.4) is 0 Å². The zero-order valence-electron chi connectivity index (χ0n) is 12.0. The van der Waals surface area contributed by atoms with Crippen LogP contribution in [0.2, 0.25) is 0 Å². The molecule has 0 radical (unpaired) electrons. The van der Waals surface area contributed by atoms with Crippen molar-refractivity contribution in [2.75, 3.05) is 19.3 Å². The summed E-state index contributed by atoms with van der Waals surface area (Å²) >= 11 is 0. The first-order valence-corrected chi connectivity index (χ1v) is 7.98. The van der Waals surface area contributed by atoms with Gasteiger partial charge in [0.25, 0.3) is 5.91 Å². The molecule has 0 saturated heterocycles. The Kier molecular flexibility index (Phi) is 6.43. The van der Waals surface area contributed by atoms with Crippen molar-refractivity contribution in [3.8, 4) is 11.8 Å². The molecule has 1 rings (SSSR count). The van der Waals surface area contributed by atoms with Gasteiger partial charge in [-0.15, -0.1) is 0 Å². The fourth-order valence-corrected chi connectivity index (χ4v) is 1.93. The molecule has 0 heterocycles. The molecule has 2 atom stereocenters. The third-order valence-corrected chi connectivity index (χ3v) is 4.32. The van der Waals surface area contributed by atoms with Gasteiger partial charge in [0.2, 0.25) is 0 Å². The summed E-state index contributed by atoms with van der Waals surface area (Å²) < 4.78 is 11.3. The van der Waals surface area contributed by atoms with Crippen LogP contribution in [-0.2, 0) is 10.8 Å². The van der Waals surface area contributed by atoms with E-state index in [0.717, 1.165) is 11.1 Å². The Balaban J connectivity index is 2.86. The maximum absolute atomic E-state index is 12.1. The zero-order valence-corrected chi connectivity index (χ0v) is 12.8. The second kappa shape index (κ2) is 7.83. The lowest BCUT2D eigenvalue weighted by atomic mass is 10.0. The van der Waals surface area contributed by atoms with Gasteiger partial charge in [-0.25, -0.2) is 0 Å². The number of nitrogens with two attached hydrogens (primary N) is 1. The van der Waals surface area contributed by atoms with Crippen LogP contribution in [0, 0.1) is 18.8 Å². The molecule has 20 heavy (non-hydrogen) atoms. The highest BCUT2D eigenvalue weighted by molar-refractivity contribution is 7.84. The second-order valence-electron chi connectivity index (χ2n) is 4.50. The van der Waals surface area contributed by atoms with Gasteiger partial charge in [-0.2, -0.15) is 0 Å². The Labute approximate surface area is 122 Å². The summed E-state index contributed by atoms with van der Waals surface area (Å²) in [5.74, 6) is 5.56. The highest BCUT2D eigenvalue weighted by Gasteiger charge is 2.13. The van der Waals surface area contributed by atoms with Crippen molar-refractivity contribution in [3.63, 3.8) is 0 Å². The second-order valence-corrected chi connectivity index (χ2v) is 6.31. The topological polar surface area (TPSA) is 72.2 Å². The number of benzene rings is 1. The lowest BCUT2D eigenvalue weighted by molar-refractivity contribution is 0.0953. The summed E-state index contributed by atoms with van der Waals surface area (Å²) in [6.45, 7) is 4.37. The number of nitrogens with one attached hydrogen (secondary N) is 1. The van der Waals surface area contributed by atoms with Gasteiger partial charge in [0, 0.05) is 40.0 Å². The summed E-state index contributed by atoms with van der Waals surface area (Å²) in [5, 5.41) is 2.73. The smallest absolute Gasteiger partial charge is 0.251 e. The molecule has 1 aromatic carbocycles. The molecule has 4 nitrogen and oxygen atoms in total. The van der Waals surface area contributed by atoms with Crippen LogP contribution in [0.5, 0.6) is 0 Å². The summed E-state index contributed by atoms with van der Waals surface area (Å²) in [5.41, 5.74) is 7.57. The first-order valence-electron chi connectivity index (χ1n) is 6.36. The van der Waals surface area contributed by atoms with E-state index in [-0.39, 0.29) is 17.7 Å². The van der Waals surface area contributed by atoms with Crippen molar-refractivity contribution < 1.29 is 9.00 Å². The zero-order chi connectivity index (χ0) is 15.1. The molecule has 3 N–H and O–H groups in total. The maximum atomic E-state index is 12.1. The van der Waals surface area contributed by atoms with Gasteiger partial charge in [-0.05, 0) is 31.5 Å². The van der Waals surface area contributed by atoms with E-state index in [2.05, 4.69) is 17.2 Å². The maximum Gasteiger partial charge on any atom is 0.251 e. The number of rotatable bonds is 4. The summed E-state index contributed by atoms with van der Waals surface area (Å²) in [7, 11) is -0.948. The number of amides is 1. The molecule has 0 aromatic heterocycles. The molecule has 2 unspecified atom stereocenters. The van der Waals surface area contributed by atoms with Crippen LogP contribution in [0.4, 0.5) is 0 Å². The quantitative estimate of drug-likeness (QED) is 0.806. The molecule has 1 amide bonds. The first-order chi connectivity index (χ1) is 9.47. The Hall–Kier alpha value is -1.64. The van der Waals surface area contributed by atoms with Crippen LogP contribution in [0.1, 0.15) is 28.4 Å². The van der Waals surface area contributed by atoms with E-state index in [1.54, 1.807) is 18.4 Å². The van der Waals surface area contributed by atoms with Crippen LogP contribution >= 0.6 is 0 Å². The molecular weight excluding hydrogens is 272 g/mol. The predicted octanol–water partition coefficient (Wildman–Crippen LogP) is 0.802. The van der Waals surface area contributed by atoms with E-state index in [1.807, 2.05) is 19.9 Å². The van der Waals surface area contributed by atoms with Gasteiger partial charge < -0.3 is 11.1 Å². The Morgan fingerprint density at radius 3 is 2.80 bits per heavy atom. The first kappa shape index (κ1) is 16.4. The van der Waals surface area contributed by atoms with Crippen molar-refractivity contribution in [3.05, 3.63) is 34.9 Å². The largest absolute Gasteiger partial charge is 0.351 e. The molecule has 0 spiro atoms. The lowest BCUT2D eigenvalue weighted by Crippen LogP contribution is -2.33. The minimum atomic E-state index is -0.948. The van der Waals surface area contributed by atoms with E-state index >= 15 is 0 Å². The molecule has 0 aliphatic heterocycles. The third-order valence-electron chi connectivity index (χ3n) is 3.02. The lowest BCUT2D eigenvalue weighted by Gasteiger charge is -2.12. The third kappa shape index (κ3) is 4.48. The Bertz CT molecular complexity index is 573. The van der Waals surface area contributed by atoms with E-state index < -0.39 is 10.8 Å². The molecule has 0 bridgehead atoms. The average molecular weight is 292 g/mol. The molecule has 1 aromatic rings. The van der Waals surface area contributed by atoms with Crippen molar-refractivity contribution in [2.45, 2.75) is 19.1 Å². The predicted molar refractivity (Wildman–Crippen MR) is 83.0 cm³/mol. The van der Waals surface area contributed by atoms with Crippen LogP contribution in [0.25, 0.3) is 0 Å². The van der Waals surface area contributed by atoms with E-state index in [1.165, 1.54) is 0 Å². The summed E-state index contributed by atoms with van der Waals surface area (Å²) in [4.78, 5) is 12.1. The van der Waals surface area contributed by atoms with Crippen LogP contribution in [0.15, 0.2) is 18.2 Å². The standard InChI is InChI=1S/C15H20N2O2S/c1-11(20(3)19)10-17-15(18)14-8-4-6-13(12(14)2)7-5-9-16/h4,6,8,11H,9-10,16H2,1-3H3,(H,17,18). The van der Waals surface area contributed by atoms with Crippen molar-refractivity contribution in [1.29, 1.82) is 0 Å². The number of carbonyl (C=O) groups excluding carboxylic acids is 1. The fourth-order valence-electron chi connectivity index (χ4n) is 1.61. The fraction of sp³-hybridized carbons (Fsp3) is 0.400. The molecule has 0 aliphatic carbocycles. The molecule has 0 aliphatic rings. The molecule has 108 valence electrons. The number of hydrogen-bond donors (Lipinski definition) is 2. The van der Waals surface area contributed by atoms with Gasteiger partial charge in [-0.1, -0.05) is 17.9 Å². The van der Waals surface area contributed by atoms with Gasteiger partial charge in [0.15, 0.2) is 0 Å². The SMILES string of the molecule is Cc1c(C#CCN)cccc1C(=O)NCC(C)S(C)=O. The minimum Gasteiger partial charge on any atom is -0.351 e. The summed E-state index contributed by atoms with van der Waals surface area (Å²) in [6.07, 6.45) is 1.63. The van der Waals surface area contributed by atoms with Crippen molar-refractivity contribution in [2.24, 2.45) is 5.73 Å². The van der Waals surface area contributed by atoms with Crippen molar-refractivity contribution >= 4 is 16.7 Å². The van der Waals surface area contributed by atoms with E-state index in [9.17, 15) is 9.00 Å². The number of carbonyl (C=O) groups is 1.